The summed E-state index contributed by atoms with van der Waals surface area (Å²) in [6.07, 6.45) is 6.78. The molecule has 3 heterocycles. The van der Waals surface area contributed by atoms with Gasteiger partial charge in [0.25, 0.3) is 5.91 Å². The highest BCUT2D eigenvalue weighted by Gasteiger charge is 2.34. The Kier molecular flexibility index (Phi) is 7.08. The van der Waals surface area contributed by atoms with Crippen LogP contribution in [0, 0.1) is 13.8 Å². The summed E-state index contributed by atoms with van der Waals surface area (Å²) in [7, 11) is 0. The third-order valence-corrected chi connectivity index (χ3v) is 8.12. The number of carbonyl (C=O) groups is 1. The fourth-order valence-electron chi connectivity index (χ4n) is 5.76. The van der Waals surface area contributed by atoms with Gasteiger partial charge in [-0.1, -0.05) is 43.5 Å². The normalized spacial score (nSPS) is 18.7. The molecular formula is C30H37N5OS. The first-order valence-electron chi connectivity index (χ1n) is 13.0. The number of pyridine rings is 1. The van der Waals surface area contributed by atoms with Crippen LogP contribution in [0.15, 0.2) is 54.9 Å². The number of aromatic nitrogens is 1. The average molecular weight is 516 g/mol. The van der Waals surface area contributed by atoms with Crippen LogP contribution in [0.1, 0.15) is 58.9 Å². The number of anilines is 3. The highest BCUT2D eigenvalue weighted by atomic mass is 32.2. The van der Waals surface area contributed by atoms with E-state index in [1.807, 2.05) is 36.8 Å². The highest BCUT2D eigenvalue weighted by Crippen LogP contribution is 2.44. The minimum absolute atomic E-state index is 0.0530. The lowest BCUT2D eigenvalue weighted by atomic mass is 9.74. The van der Waals surface area contributed by atoms with Crippen LogP contribution >= 0.6 is 11.9 Å². The van der Waals surface area contributed by atoms with Crippen LogP contribution in [0.4, 0.5) is 17.1 Å². The summed E-state index contributed by atoms with van der Waals surface area (Å²) >= 11 is 1.32. The van der Waals surface area contributed by atoms with E-state index in [1.165, 1.54) is 45.6 Å². The van der Waals surface area contributed by atoms with Crippen molar-refractivity contribution in [1.29, 1.82) is 0 Å². The van der Waals surface area contributed by atoms with Crippen molar-refractivity contribution in [2.75, 3.05) is 47.6 Å². The second kappa shape index (κ2) is 10.3. The lowest BCUT2D eigenvalue weighted by Gasteiger charge is -2.40. The number of carbonyl (C=O) groups excluding carboxylic acids is 1. The second-order valence-electron chi connectivity index (χ2n) is 10.9. The zero-order valence-corrected chi connectivity index (χ0v) is 23.3. The predicted octanol–water partition coefficient (Wildman–Crippen LogP) is 5.87. The molecule has 2 aliphatic heterocycles. The van der Waals surface area contributed by atoms with Crippen molar-refractivity contribution in [3.05, 3.63) is 82.7 Å². The van der Waals surface area contributed by atoms with Crippen LogP contribution < -0.4 is 19.8 Å². The van der Waals surface area contributed by atoms with Gasteiger partial charge in [0, 0.05) is 55.6 Å². The van der Waals surface area contributed by atoms with Gasteiger partial charge in [-0.05, 0) is 72.7 Å². The Hall–Kier alpha value is -3.19. The number of nitrogens with zero attached hydrogens (tertiary/aromatic N) is 3. The largest absolute Gasteiger partial charge is 0.378 e. The Bertz CT molecular complexity index is 1300. The number of hydrogen-bond donors (Lipinski definition) is 2. The summed E-state index contributed by atoms with van der Waals surface area (Å²) in [6.45, 7) is 12.8. The van der Waals surface area contributed by atoms with Crippen molar-refractivity contribution >= 4 is 34.9 Å². The lowest BCUT2D eigenvalue weighted by Crippen LogP contribution is -2.46. The van der Waals surface area contributed by atoms with E-state index in [0.29, 0.717) is 5.56 Å². The van der Waals surface area contributed by atoms with Gasteiger partial charge in [0.2, 0.25) is 0 Å². The number of rotatable bonds is 5. The quantitative estimate of drug-likeness (QED) is 0.415. The van der Waals surface area contributed by atoms with E-state index in [2.05, 4.69) is 76.8 Å². The summed E-state index contributed by atoms with van der Waals surface area (Å²) in [6, 6.07) is 15.2. The van der Waals surface area contributed by atoms with Crippen molar-refractivity contribution in [2.24, 2.45) is 0 Å². The molecule has 1 saturated heterocycles. The van der Waals surface area contributed by atoms with Crippen molar-refractivity contribution in [3.8, 4) is 0 Å². The number of nitrogens with one attached hydrogen (secondary N) is 2. The summed E-state index contributed by atoms with van der Waals surface area (Å²) in [5.41, 5.74) is 9.30. The smallest absolute Gasteiger partial charge is 0.261 e. The van der Waals surface area contributed by atoms with Gasteiger partial charge in [-0.25, -0.2) is 0 Å². The number of amides is 1. The van der Waals surface area contributed by atoms with Crippen LogP contribution in [-0.4, -0.2) is 43.3 Å². The second-order valence-corrected chi connectivity index (χ2v) is 11.5. The summed E-state index contributed by atoms with van der Waals surface area (Å²) in [4.78, 5) is 22.0. The van der Waals surface area contributed by atoms with Crippen LogP contribution in [0.25, 0.3) is 0 Å². The molecule has 0 aliphatic carbocycles. The van der Waals surface area contributed by atoms with Crippen LogP contribution in [-0.2, 0) is 5.41 Å². The molecule has 2 aromatic carbocycles. The molecule has 6 nitrogen and oxygen atoms in total. The van der Waals surface area contributed by atoms with Gasteiger partial charge in [0.1, 0.15) is 0 Å². The van der Waals surface area contributed by atoms with Gasteiger partial charge in [-0.2, -0.15) is 0 Å². The molecule has 37 heavy (non-hydrogen) atoms. The zero-order valence-electron chi connectivity index (χ0n) is 22.5. The van der Waals surface area contributed by atoms with Gasteiger partial charge < -0.3 is 15.1 Å². The molecule has 0 spiro atoms. The number of aryl methyl sites for hydroxylation is 2. The topological polar surface area (TPSA) is 60.5 Å². The van der Waals surface area contributed by atoms with E-state index < -0.39 is 0 Å². The highest BCUT2D eigenvalue weighted by molar-refractivity contribution is 7.97. The maximum absolute atomic E-state index is 12.4. The van der Waals surface area contributed by atoms with Crippen molar-refractivity contribution in [2.45, 2.75) is 45.6 Å². The molecule has 5 rings (SSSR count). The van der Waals surface area contributed by atoms with Gasteiger partial charge in [-0.3, -0.25) is 14.5 Å². The molecule has 1 fully saturated rings. The minimum Gasteiger partial charge on any atom is -0.378 e. The molecular weight excluding hydrogens is 478 g/mol. The van der Waals surface area contributed by atoms with Gasteiger partial charge >= 0.3 is 0 Å². The van der Waals surface area contributed by atoms with Gasteiger partial charge in [0.15, 0.2) is 0 Å². The molecule has 2 N–H and O–H groups in total. The Morgan fingerprint density at radius 2 is 1.78 bits per heavy atom. The van der Waals surface area contributed by atoms with Gasteiger partial charge in [0.05, 0.1) is 17.9 Å². The molecule has 3 aromatic rings. The Morgan fingerprint density at radius 3 is 2.51 bits per heavy atom. The monoisotopic (exact) mass is 515 g/mol. The minimum atomic E-state index is -0.0750. The number of benzene rings is 2. The Morgan fingerprint density at radius 1 is 1.03 bits per heavy atom. The molecule has 0 saturated carbocycles. The standard InChI is InChI=1S/C30H37N5OS/c1-20-6-9-28(21(2)14-20)35-12-10-34(11-13-35)24-15-23(18-31-19-24)27-17-30(3,4)25-16-22(29(36)33-37-5)7-8-26(25)32-27/h6-9,14-16,18-19,27,32H,10-13,17H2,1-5H3,(H,33,36). The molecule has 1 unspecified atom stereocenters. The third kappa shape index (κ3) is 5.28. The molecule has 0 radical (unpaired) electrons. The SMILES string of the molecule is CSNC(=O)c1ccc2c(c1)C(C)(C)CC(c1cncc(N3CCN(c4ccc(C)cc4C)CC3)c1)N2. The van der Waals surface area contributed by atoms with Crippen molar-refractivity contribution in [1.82, 2.24) is 9.71 Å². The fourth-order valence-corrected chi connectivity index (χ4v) is 6.06. The zero-order chi connectivity index (χ0) is 26.2. The predicted molar refractivity (Wildman–Crippen MR) is 156 cm³/mol. The van der Waals surface area contributed by atoms with E-state index in [-0.39, 0.29) is 17.4 Å². The molecule has 0 bridgehead atoms. The molecule has 1 atom stereocenters. The van der Waals surface area contributed by atoms with E-state index in [1.54, 1.807) is 0 Å². The molecule has 194 valence electrons. The van der Waals surface area contributed by atoms with Crippen molar-refractivity contribution < 1.29 is 4.79 Å². The molecule has 1 aromatic heterocycles. The number of piperazine rings is 1. The fraction of sp³-hybridized carbons (Fsp3) is 0.400. The first-order valence-corrected chi connectivity index (χ1v) is 14.2. The summed E-state index contributed by atoms with van der Waals surface area (Å²) in [5, 5.41) is 3.73. The number of hydrogen-bond acceptors (Lipinski definition) is 6. The van der Waals surface area contributed by atoms with Crippen molar-refractivity contribution in [3.63, 3.8) is 0 Å². The van der Waals surface area contributed by atoms with Crippen LogP contribution in [0.3, 0.4) is 0 Å². The van der Waals surface area contributed by atoms with Crippen LogP contribution in [0.5, 0.6) is 0 Å². The Labute approximate surface area is 225 Å². The maximum Gasteiger partial charge on any atom is 0.261 e. The van der Waals surface area contributed by atoms with Crippen LogP contribution in [0.2, 0.25) is 0 Å². The van der Waals surface area contributed by atoms with E-state index in [9.17, 15) is 4.79 Å². The lowest BCUT2D eigenvalue weighted by molar-refractivity contribution is 0.0984. The summed E-state index contributed by atoms with van der Waals surface area (Å²) < 4.78 is 2.83. The first-order chi connectivity index (χ1) is 17.7. The molecule has 7 heteroatoms. The third-order valence-electron chi connectivity index (χ3n) is 7.73. The Balaban J connectivity index is 1.31. The van der Waals surface area contributed by atoms with E-state index in [4.69, 9.17) is 0 Å². The van der Waals surface area contributed by atoms with E-state index >= 15 is 0 Å². The van der Waals surface area contributed by atoms with Gasteiger partial charge in [-0.15, -0.1) is 0 Å². The number of fused-ring (bicyclic) bond motifs is 1. The van der Waals surface area contributed by atoms with E-state index in [0.717, 1.165) is 38.3 Å². The average Bonchev–Trinajstić information content (AvgIpc) is 2.88. The molecule has 2 aliphatic rings. The maximum atomic E-state index is 12.4. The summed E-state index contributed by atoms with van der Waals surface area (Å²) in [5.74, 6) is -0.0530. The molecule has 1 amide bonds. The first kappa shape index (κ1) is 25.5.